The lowest BCUT2D eigenvalue weighted by Gasteiger charge is -2.09. The monoisotopic (exact) mass is 352 g/mol. The van der Waals surface area contributed by atoms with Gasteiger partial charge in [0.15, 0.2) is 11.0 Å². The molecule has 1 amide bonds. The first-order valence-corrected chi connectivity index (χ1v) is 8.98. The van der Waals surface area contributed by atoms with Crippen LogP contribution in [0.25, 0.3) is 11.4 Å². The van der Waals surface area contributed by atoms with E-state index in [0.717, 1.165) is 33.4 Å². The Kier molecular flexibility index (Phi) is 5.19. The number of carbonyl (C=O) groups excluding carboxylic acids is 1. The van der Waals surface area contributed by atoms with Gasteiger partial charge in [-0.2, -0.15) is 0 Å². The molecule has 1 heterocycles. The van der Waals surface area contributed by atoms with Crippen LogP contribution in [0.3, 0.4) is 0 Å². The van der Waals surface area contributed by atoms with Crippen LogP contribution in [0.1, 0.15) is 11.1 Å². The summed E-state index contributed by atoms with van der Waals surface area (Å²) >= 11 is 1.38. The van der Waals surface area contributed by atoms with E-state index in [1.165, 1.54) is 11.8 Å². The molecule has 6 heteroatoms. The summed E-state index contributed by atoms with van der Waals surface area (Å²) in [7, 11) is 1.91. The second-order valence-electron chi connectivity index (χ2n) is 5.89. The number of hydrogen-bond donors (Lipinski definition) is 1. The number of aryl methyl sites for hydroxylation is 2. The lowest BCUT2D eigenvalue weighted by Crippen LogP contribution is -2.15. The van der Waals surface area contributed by atoms with E-state index in [0.29, 0.717) is 0 Å². The van der Waals surface area contributed by atoms with Gasteiger partial charge in [-0.3, -0.25) is 4.79 Å². The highest BCUT2D eigenvalue weighted by Gasteiger charge is 2.13. The Labute approximate surface area is 151 Å². The molecule has 5 nitrogen and oxygen atoms in total. The molecule has 0 radical (unpaired) electrons. The molecule has 0 atom stereocenters. The quantitative estimate of drug-likeness (QED) is 0.709. The van der Waals surface area contributed by atoms with Gasteiger partial charge in [0.2, 0.25) is 5.91 Å². The van der Waals surface area contributed by atoms with Gasteiger partial charge in [-0.05, 0) is 31.0 Å². The van der Waals surface area contributed by atoms with Crippen LogP contribution in [0.4, 0.5) is 5.69 Å². The topological polar surface area (TPSA) is 59.8 Å². The van der Waals surface area contributed by atoms with Crippen LogP contribution in [-0.4, -0.2) is 26.4 Å². The number of carbonyl (C=O) groups is 1. The Balaban J connectivity index is 1.65. The normalized spacial score (nSPS) is 10.7. The summed E-state index contributed by atoms with van der Waals surface area (Å²) in [6.45, 7) is 3.99. The number of aromatic nitrogens is 3. The van der Waals surface area contributed by atoms with Crippen molar-refractivity contribution in [2.45, 2.75) is 19.0 Å². The Morgan fingerprint density at radius 3 is 2.64 bits per heavy atom. The van der Waals surface area contributed by atoms with Crippen LogP contribution < -0.4 is 5.32 Å². The molecular formula is C19H20N4OS. The molecule has 25 heavy (non-hydrogen) atoms. The van der Waals surface area contributed by atoms with Gasteiger partial charge in [0.25, 0.3) is 0 Å². The maximum Gasteiger partial charge on any atom is 0.234 e. The fourth-order valence-electron chi connectivity index (χ4n) is 2.47. The molecule has 0 unspecified atom stereocenters. The highest BCUT2D eigenvalue weighted by molar-refractivity contribution is 7.99. The molecule has 0 bridgehead atoms. The van der Waals surface area contributed by atoms with E-state index < -0.39 is 0 Å². The van der Waals surface area contributed by atoms with E-state index in [1.807, 2.05) is 74.0 Å². The minimum Gasteiger partial charge on any atom is -0.325 e. The predicted molar refractivity (Wildman–Crippen MR) is 102 cm³/mol. The summed E-state index contributed by atoms with van der Waals surface area (Å²) in [4.78, 5) is 12.2. The fraction of sp³-hybridized carbons (Fsp3) is 0.211. The average molecular weight is 352 g/mol. The number of hydrogen-bond acceptors (Lipinski definition) is 4. The summed E-state index contributed by atoms with van der Waals surface area (Å²) < 4.78 is 1.91. The van der Waals surface area contributed by atoms with Crippen molar-refractivity contribution in [2.24, 2.45) is 7.05 Å². The SMILES string of the molecule is Cc1ccc(C)c(NC(=O)CSc2nnc(-c3ccccc3)n2C)c1. The second kappa shape index (κ2) is 7.53. The molecule has 1 N–H and O–H groups in total. The number of rotatable bonds is 5. The molecule has 3 aromatic rings. The predicted octanol–water partition coefficient (Wildman–Crippen LogP) is 3.83. The Morgan fingerprint density at radius 2 is 1.88 bits per heavy atom. The maximum atomic E-state index is 12.2. The van der Waals surface area contributed by atoms with Crippen molar-refractivity contribution in [3.05, 3.63) is 59.7 Å². The van der Waals surface area contributed by atoms with E-state index in [4.69, 9.17) is 0 Å². The summed E-state index contributed by atoms with van der Waals surface area (Å²) in [6.07, 6.45) is 0. The van der Waals surface area contributed by atoms with Gasteiger partial charge < -0.3 is 9.88 Å². The largest absolute Gasteiger partial charge is 0.325 e. The van der Waals surface area contributed by atoms with E-state index in [-0.39, 0.29) is 11.7 Å². The molecule has 0 fully saturated rings. The second-order valence-corrected chi connectivity index (χ2v) is 6.83. The molecule has 0 aliphatic heterocycles. The molecule has 128 valence electrons. The highest BCUT2D eigenvalue weighted by atomic mass is 32.2. The fourth-order valence-corrected chi connectivity index (χ4v) is 3.18. The number of nitrogens with one attached hydrogen (secondary N) is 1. The average Bonchev–Trinajstić information content (AvgIpc) is 2.98. The molecule has 0 aliphatic carbocycles. The third kappa shape index (κ3) is 4.09. The first kappa shape index (κ1) is 17.2. The molecule has 3 rings (SSSR count). The number of amides is 1. The van der Waals surface area contributed by atoms with E-state index in [1.54, 1.807) is 0 Å². The molecule has 1 aromatic heterocycles. The van der Waals surface area contributed by atoms with E-state index >= 15 is 0 Å². The summed E-state index contributed by atoms with van der Waals surface area (Å²) in [5.41, 5.74) is 4.03. The van der Waals surface area contributed by atoms with Gasteiger partial charge in [-0.1, -0.05) is 54.2 Å². The van der Waals surface area contributed by atoms with Crippen LogP contribution in [0, 0.1) is 13.8 Å². The third-order valence-electron chi connectivity index (χ3n) is 3.87. The number of benzene rings is 2. The van der Waals surface area contributed by atoms with Crippen molar-refractivity contribution < 1.29 is 4.79 Å². The van der Waals surface area contributed by atoms with Gasteiger partial charge in [0.1, 0.15) is 0 Å². The first-order chi connectivity index (χ1) is 12.0. The maximum absolute atomic E-state index is 12.2. The standard InChI is InChI=1S/C19H20N4OS/c1-13-9-10-14(2)16(11-13)20-17(24)12-25-19-22-21-18(23(19)3)15-7-5-4-6-8-15/h4-11H,12H2,1-3H3,(H,20,24). The summed E-state index contributed by atoms with van der Waals surface area (Å²) in [5, 5.41) is 12.1. The minimum absolute atomic E-state index is 0.0528. The number of nitrogens with zero attached hydrogens (tertiary/aromatic N) is 3. The zero-order chi connectivity index (χ0) is 17.8. The van der Waals surface area contributed by atoms with Crippen molar-refractivity contribution in [2.75, 3.05) is 11.1 Å². The highest BCUT2D eigenvalue weighted by Crippen LogP contribution is 2.23. The van der Waals surface area contributed by atoms with Crippen LogP contribution in [0.2, 0.25) is 0 Å². The van der Waals surface area contributed by atoms with Crippen molar-refractivity contribution in [1.82, 2.24) is 14.8 Å². The Bertz CT molecular complexity index is 890. The third-order valence-corrected chi connectivity index (χ3v) is 4.89. The zero-order valence-corrected chi connectivity index (χ0v) is 15.3. The lowest BCUT2D eigenvalue weighted by atomic mass is 10.1. The molecule has 0 saturated heterocycles. The van der Waals surface area contributed by atoms with E-state index in [9.17, 15) is 4.79 Å². The smallest absolute Gasteiger partial charge is 0.234 e. The minimum atomic E-state index is -0.0528. The molecule has 2 aromatic carbocycles. The van der Waals surface area contributed by atoms with Gasteiger partial charge >= 0.3 is 0 Å². The summed E-state index contributed by atoms with van der Waals surface area (Å²) in [5.74, 6) is 1.02. The molecular weight excluding hydrogens is 332 g/mol. The first-order valence-electron chi connectivity index (χ1n) is 7.99. The van der Waals surface area contributed by atoms with Crippen molar-refractivity contribution >= 4 is 23.4 Å². The van der Waals surface area contributed by atoms with E-state index in [2.05, 4.69) is 15.5 Å². The van der Waals surface area contributed by atoms with Crippen LogP contribution in [0.5, 0.6) is 0 Å². The van der Waals surface area contributed by atoms with Gasteiger partial charge in [-0.25, -0.2) is 0 Å². The van der Waals surface area contributed by atoms with Gasteiger partial charge in [0, 0.05) is 18.3 Å². The van der Waals surface area contributed by atoms with Crippen molar-refractivity contribution in [3.63, 3.8) is 0 Å². The lowest BCUT2D eigenvalue weighted by molar-refractivity contribution is -0.113. The number of anilines is 1. The molecule has 0 saturated carbocycles. The van der Waals surface area contributed by atoms with Crippen molar-refractivity contribution in [3.8, 4) is 11.4 Å². The number of thioether (sulfide) groups is 1. The van der Waals surface area contributed by atoms with Crippen LogP contribution in [-0.2, 0) is 11.8 Å². The Morgan fingerprint density at radius 1 is 1.12 bits per heavy atom. The molecule has 0 aliphatic rings. The van der Waals surface area contributed by atoms with Gasteiger partial charge in [0.05, 0.1) is 5.75 Å². The molecule has 0 spiro atoms. The van der Waals surface area contributed by atoms with Crippen molar-refractivity contribution in [1.29, 1.82) is 0 Å². The van der Waals surface area contributed by atoms with Gasteiger partial charge in [-0.15, -0.1) is 10.2 Å². The summed E-state index contributed by atoms with van der Waals surface area (Å²) in [6, 6.07) is 15.9. The Hall–Kier alpha value is -2.60. The van der Waals surface area contributed by atoms with Crippen LogP contribution >= 0.6 is 11.8 Å². The zero-order valence-electron chi connectivity index (χ0n) is 14.5. The van der Waals surface area contributed by atoms with Crippen LogP contribution in [0.15, 0.2) is 53.7 Å².